The molecular formula is C17H27ClN2O4S. The molecule has 0 fully saturated rings. The molecule has 0 atom stereocenters. The minimum Gasteiger partial charge on any atom is -0.492 e. The molecule has 25 heavy (non-hydrogen) atoms. The molecular weight excluding hydrogens is 364 g/mol. The molecule has 1 amide bonds. The van der Waals surface area contributed by atoms with Crippen LogP contribution in [0.1, 0.15) is 34.6 Å². The summed E-state index contributed by atoms with van der Waals surface area (Å²) in [4.78, 5) is 12.1. The highest BCUT2D eigenvalue weighted by atomic mass is 35.5. The number of nitrogens with one attached hydrogen (secondary N) is 1. The van der Waals surface area contributed by atoms with Crippen molar-refractivity contribution >= 4 is 27.5 Å². The van der Waals surface area contributed by atoms with Crippen molar-refractivity contribution in [1.82, 2.24) is 9.62 Å². The van der Waals surface area contributed by atoms with Gasteiger partial charge in [0.25, 0.3) is 0 Å². The number of nitrogens with zero attached hydrogens (tertiary/aromatic N) is 1. The molecule has 0 radical (unpaired) electrons. The highest BCUT2D eigenvalue weighted by Gasteiger charge is 2.26. The first-order chi connectivity index (χ1) is 11.5. The maximum absolute atomic E-state index is 12.8. The van der Waals surface area contributed by atoms with Crippen LogP contribution in [0.3, 0.4) is 0 Å². The first-order valence-corrected chi connectivity index (χ1v) is 10.0. The molecule has 0 heterocycles. The van der Waals surface area contributed by atoms with E-state index >= 15 is 0 Å². The maximum atomic E-state index is 12.8. The van der Waals surface area contributed by atoms with Gasteiger partial charge in [0.05, 0.1) is 23.1 Å². The summed E-state index contributed by atoms with van der Waals surface area (Å²) < 4.78 is 32.0. The van der Waals surface area contributed by atoms with Crippen LogP contribution in [-0.4, -0.2) is 44.9 Å². The van der Waals surface area contributed by atoms with Gasteiger partial charge < -0.3 is 10.1 Å². The van der Waals surface area contributed by atoms with E-state index in [1.807, 2.05) is 27.7 Å². The Morgan fingerprint density at radius 2 is 1.92 bits per heavy atom. The fourth-order valence-corrected chi connectivity index (χ4v) is 3.74. The van der Waals surface area contributed by atoms with Crippen LogP contribution in [0.5, 0.6) is 5.75 Å². The zero-order valence-electron chi connectivity index (χ0n) is 15.4. The van der Waals surface area contributed by atoms with E-state index < -0.39 is 10.0 Å². The van der Waals surface area contributed by atoms with Gasteiger partial charge in [0.1, 0.15) is 5.75 Å². The number of amides is 1. The van der Waals surface area contributed by atoms with Gasteiger partial charge in [-0.05, 0) is 30.5 Å². The number of carbonyl (C=O) groups excluding carboxylic acids is 1. The molecule has 0 saturated carbocycles. The van der Waals surface area contributed by atoms with E-state index in [0.717, 1.165) is 4.31 Å². The average molecular weight is 391 g/mol. The van der Waals surface area contributed by atoms with Crippen molar-refractivity contribution in [2.45, 2.75) is 39.5 Å². The lowest BCUT2D eigenvalue weighted by molar-refractivity contribution is -0.121. The van der Waals surface area contributed by atoms with Crippen LogP contribution in [0.4, 0.5) is 0 Å². The predicted molar refractivity (Wildman–Crippen MR) is 99.5 cm³/mol. The molecule has 8 heteroatoms. The fourth-order valence-electron chi connectivity index (χ4n) is 2.01. The number of rotatable bonds is 8. The van der Waals surface area contributed by atoms with Gasteiger partial charge in [-0.1, -0.05) is 39.3 Å². The van der Waals surface area contributed by atoms with Crippen LogP contribution >= 0.6 is 11.6 Å². The molecule has 0 spiro atoms. The number of halogens is 1. The van der Waals surface area contributed by atoms with E-state index in [4.69, 9.17) is 16.3 Å². The van der Waals surface area contributed by atoms with Crippen molar-refractivity contribution < 1.29 is 17.9 Å². The van der Waals surface area contributed by atoms with Crippen molar-refractivity contribution in [1.29, 1.82) is 0 Å². The molecule has 1 rings (SSSR count). The van der Waals surface area contributed by atoms with E-state index in [0.29, 0.717) is 18.9 Å². The molecule has 0 aliphatic carbocycles. The Labute approximate surface area is 155 Å². The largest absolute Gasteiger partial charge is 0.492 e. The second-order valence-corrected chi connectivity index (χ2v) is 9.14. The van der Waals surface area contributed by atoms with E-state index in [9.17, 15) is 13.2 Å². The lowest BCUT2D eigenvalue weighted by Gasteiger charge is -2.23. The highest BCUT2D eigenvalue weighted by molar-refractivity contribution is 7.89. The second kappa shape index (κ2) is 8.87. The second-order valence-electron chi connectivity index (χ2n) is 6.79. The molecule has 0 aliphatic heterocycles. The van der Waals surface area contributed by atoms with Gasteiger partial charge >= 0.3 is 0 Å². The SMILES string of the molecule is CCOc1ccc(S(=O)(=O)N(CC)CC(=O)NCC(C)(C)C)cc1Cl. The lowest BCUT2D eigenvalue weighted by atomic mass is 9.97. The van der Waals surface area contributed by atoms with Gasteiger partial charge in [0, 0.05) is 13.1 Å². The predicted octanol–water partition coefficient (Wildman–Crippen LogP) is 2.91. The quantitative estimate of drug-likeness (QED) is 0.740. The summed E-state index contributed by atoms with van der Waals surface area (Å²) in [6.07, 6.45) is 0. The van der Waals surface area contributed by atoms with Crippen LogP contribution < -0.4 is 10.1 Å². The monoisotopic (exact) mass is 390 g/mol. The zero-order valence-corrected chi connectivity index (χ0v) is 17.0. The first-order valence-electron chi connectivity index (χ1n) is 8.20. The Morgan fingerprint density at radius 1 is 1.28 bits per heavy atom. The Morgan fingerprint density at radius 3 is 2.40 bits per heavy atom. The minimum atomic E-state index is -3.82. The third kappa shape index (κ3) is 6.49. The number of likely N-dealkylation sites (N-methyl/N-ethyl adjacent to an activating group) is 1. The van der Waals surface area contributed by atoms with Crippen LogP contribution in [0.15, 0.2) is 23.1 Å². The van der Waals surface area contributed by atoms with Crippen LogP contribution in [0.25, 0.3) is 0 Å². The molecule has 0 aliphatic rings. The molecule has 0 unspecified atom stereocenters. The van der Waals surface area contributed by atoms with Crippen molar-refractivity contribution in [2.75, 3.05) is 26.2 Å². The van der Waals surface area contributed by atoms with Crippen molar-refractivity contribution in [2.24, 2.45) is 5.41 Å². The fraction of sp³-hybridized carbons (Fsp3) is 0.588. The van der Waals surface area contributed by atoms with E-state index in [-0.39, 0.29) is 34.3 Å². The molecule has 0 bridgehead atoms. The third-order valence-corrected chi connectivity index (χ3v) is 5.54. The number of hydrogen-bond acceptors (Lipinski definition) is 4. The van der Waals surface area contributed by atoms with Crippen LogP contribution in [-0.2, 0) is 14.8 Å². The molecule has 0 saturated heterocycles. The molecule has 142 valence electrons. The van der Waals surface area contributed by atoms with Gasteiger partial charge in [-0.25, -0.2) is 8.42 Å². The van der Waals surface area contributed by atoms with Gasteiger partial charge in [-0.2, -0.15) is 4.31 Å². The summed E-state index contributed by atoms with van der Waals surface area (Å²) in [7, 11) is -3.82. The Balaban J connectivity index is 2.93. The Hall–Kier alpha value is -1.31. The summed E-state index contributed by atoms with van der Waals surface area (Å²) in [5, 5.41) is 2.98. The Kier molecular flexibility index (Phi) is 7.71. The number of sulfonamides is 1. The normalized spacial score (nSPS) is 12.3. The first kappa shape index (κ1) is 21.7. The molecule has 6 nitrogen and oxygen atoms in total. The standard InChI is InChI=1S/C17H27ClN2O4S/c1-6-20(11-16(21)19-12-17(3,4)5)25(22,23)13-8-9-15(24-7-2)14(18)10-13/h8-10H,6-7,11-12H2,1-5H3,(H,19,21). The lowest BCUT2D eigenvalue weighted by Crippen LogP contribution is -2.42. The van der Waals surface area contributed by atoms with Gasteiger partial charge in [-0.3, -0.25) is 4.79 Å². The van der Waals surface area contributed by atoms with Crippen molar-refractivity contribution in [3.05, 3.63) is 23.2 Å². The Bertz CT molecular complexity index is 699. The van der Waals surface area contributed by atoms with Crippen LogP contribution in [0, 0.1) is 5.41 Å². The van der Waals surface area contributed by atoms with Gasteiger partial charge in [-0.15, -0.1) is 0 Å². The minimum absolute atomic E-state index is 0.0337. The zero-order chi connectivity index (χ0) is 19.3. The van der Waals surface area contributed by atoms with Crippen molar-refractivity contribution in [3.63, 3.8) is 0 Å². The summed E-state index contributed by atoms with van der Waals surface area (Å²) >= 11 is 6.08. The summed E-state index contributed by atoms with van der Waals surface area (Å²) in [5.41, 5.74) is -0.0752. The topological polar surface area (TPSA) is 75.7 Å². The van der Waals surface area contributed by atoms with E-state index in [1.54, 1.807) is 6.92 Å². The number of carbonyl (C=O) groups is 1. The van der Waals surface area contributed by atoms with Gasteiger partial charge in [0.15, 0.2) is 0 Å². The van der Waals surface area contributed by atoms with Crippen LogP contribution in [0.2, 0.25) is 5.02 Å². The highest BCUT2D eigenvalue weighted by Crippen LogP contribution is 2.28. The summed E-state index contributed by atoms with van der Waals surface area (Å²) in [6.45, 7) is 10.3. The number of hydrogen-bond donors (Lipinski definition) is 1. The summed E-state index contributed by atoms with van der Waals surface area (Å²) in [6, 6.07) is 4.30. The third-order valence-electron chi connectivity index (χ3n) is 3.33. The molecule has 1 aromatic rings. The number of benzene rings is 1. The molecule has 0 aromatic heterocycles. The average Bonchev–Trinajstić information content (AvgIpc) is 2.51. The summed E-state index contributed by atoms with van der Waals surface area (Å²) in [5.74, 6) is 0.0893. The molecule has 1 aromatic carbocycles. The van der Waals surface area contributed by atoms with Crippen molar-refractivity contribution in [3.8, 4) is 5.75 Å². The maximum Gasteiger partial charge on any atom is 0.243 e. The van der Waals surface area contributed by atoms with Gasteiger partial charge in [0.2, 0.25) is 15.9 Å². The molecule has 1 N–H and O–H groups in total. The number of ether oxygens (including phenoxy) is 1. The smallest absolute Gasteiger partial charge is 0.243 e. The van der Waals surface area contributed by atoms with E-state index in [1.165, 1.54) is 18.2 Å². The van der Waals surface area contributed by atoms with E-state index in [2.05, 4.69) is 5.32 Å².